The van der Waals surface area contributed by atoms with E-state index in [-0.39, 0.29) is 0 Å². The topological polar surface area (TPSA) is 36.4 Å². The van der Waals surface area contributed by atoms with E-state index < -0.39 is 0 Å². The minimum absolute atomic E-state index is 0.385. The van der Waals surface area contributed by atoms with E-state index in [1.165, 1.54) is 5.56 Å². The molecule has 0 radical (unpaired) electrons. The number of unbranched alkanes of at least 4 members (excludes halogenated alkanes) is 1. The SMILES string of the molecule is CCCCN1C(=O)CC[C@@H]2CN(Cc3cccnc3)CC[C@@H]21. The Morgan fingerprint density at radius 3 is 3.05 bits per heavy atom. The van der Waals surface area contributed by atoms with Crippen LogP contribution in [0.15, 0.2) is 24.5 Å². The Balaban J connectivity index is 1.60. The first-order chi connectivity index (χ1) is 10.8. The molecule has 2 fully saturated rings. The number of pyridine rings is 1. The van der Waals surface area contributed by atoms with Crippen molar-refractivity contribution in [3.63, 3.8) is 0 Å². The van der Waals surface area contributed by atoms with Gasteiger partial charge in [-0.3, -0.25) is 14.7 Å². The number of piperidine rings is 2. The number of rotatable bonds is 5. The molecule has 1 aromatic heterocycles. The number of amides is 1. The van der Waals surface area contributed by atoms with Crippen LogP contribution in [0, 0.1) is 5.92 Å². The van der Waals surface area contributed by atoms with Gasteiger partial charge in [0.15, 0.2) is 0 Å². The molecule has 2 aliphatic rings. The van der Waals surface area contributed by atoms with Gasteiger partial charge in [-0.2, -0.15) is 0 Å². The van der Waals surface area contributed by atoms with Crippen molar-refractivity contribution in [2.75, 3.05) is 19.6 Å². The Bertz CT molecular complexity index is 490. The summed E-state index contributed by atoms with van der Waals surface area (Å²) in [6.45, 7) is 6.35. The van der Waals surface area contributed by atoms with Gasteiger partial charge in [-0.15, -0.1) is 0 Å². The third-order valence-corrected chi connectivity index (χ3v) is 5.11. The van der Waals surface area contributed by atoms with Crippen LogP contribution < -0.4 is 0 Å². The van der Waals surface area contributed by atoms with Crippen molar-refractivity contribution >= 4 is 5.91 Å². The quantitative estimate of drug-likeness (QED) is 0.839. The summed E-state index contributed by atoms with van der Waals surface area (Å²) in [7, 11) is 0. The molecule has 2 atom stereocenters. The standard InChI is InChI=1S/C18H27N3O/c1-2-3-10-21-17-8-11-20(13-15-5-4-9-19-12-15)14-16(17)6-7-18(21)22/h4-5,9,12,16-17H,2-3,6-8,10-11,13-14H2,1H3/t16-,17+/m1/s1. The van der Waals surface area contributed by atoms with Crippen molar-refractivity contribution in [1.29, 1.82) is 0 Å². The summed E-state index contributed by atoms with van der Waals surface area (Å²) in [4.78, 5) is 21.2. The van der Waals surface area contributed by atoms with E-state index in [9.17, 15) is 4.79 Å². The summed E-state index contributed by atoms with van der Waals surface area (Å²) < 4.78 is 0. The van der Waals surface area contributed by atoms with Crippen LogP contribution in [0.4, 0.5) is 0 Å². The zero-order chi connectivity index (χ0) is 15.4. The zero-order valence-electron chi connectivity index (χ0n) is 13.6. The van der Waals surface area contributed by atoms with Crippen molar-refractivity contribution in [2.24, 2.45) is 5.92 Å². The third kappa shape index (κ3) is 3.49. The second kappa shape index (κ2) is 7.23. The third-order valence-electron chi connectivity index (χ3n) is 5.11. The van der Waals surface area contributed by atoms with Crippen LogP contribution in [0.3, 0.4) is 0 Å². The lowest BCUT2D eigenvalue weighted by atomic mass is 9.83. The summed E-state index contributed by atoms with van der Waals surface area (Å²) in [5, 5.41) is 0. The molecule has 0 N–H and O–H groups in total. The highest BCUT2D eigenvalue weighted by Crippen LogP contribution is 2.32. The van der Waals surface area contributed by atoms with Crippen LogP contribution in [-0.4, -0.2) is 46.4 Å². The van der Waals surface area contributed by atoms with E-state index in [1.807, 2.05) is 18.5 Å². The molecule has 4 heteroatoms. The number of aromatic nitrogens is 1. The molecule has 0 bridgehead atoms. The van der Waals surface area contributed by atoms with Gasteiger partial charge in [0.05, 0.1) is 0 Å². The highest BCUT2D eigenvalue weighted by molar-refractivity contribution is 5.77. The van der Waals surface area contributed by atoms with Gasteiger partial charge in [-0.05, 0) is 36.8 Å². The first-order valence-electron chi connectivity index (χ1n) is 8.68. The molecule has 4 nitrogen and oxygen atoms in total. The van der Waals surface area contributed by atoms with Crippen molar-refractivity contribution in [3.05, 3.63) is 30.1 Å². The molecule has 0 spiro atoms. The molecule has 0 aromatic carbocycles. The van der Waals surface area contributed by atoms with Gasteiger partial charge in [0.1, 0.15) is 0 Å². The van der Waals surface area contributed by atoms with Crippen LogP contribution in [0.2, 0.25) is 0 Å². The van der Waals surface area contributed by atoms with E-state index in [0.717, 1.165) is 58.3 Å². The summed E-state index contributed by atoms with van der Waals surface area (Å²) in [5.41, 5.74) is 1.29. The molecule has 2 aliphatic heterocycles. The second-order valence-electron chi connectivity index (χ2n) is 6.69. The Hall–Kier alpha value is -1.42. The van der Waals surface area contributed by atoms with E-state index in [0.29, 0.717) is 17.9 Å². The van der Waals surface area contributed by atoms with Crippen LogP contribution in [0.1, 0.15) is 44.6 Å². The van der Waals surface area contributed by atoms with Gasteiger partial charge < -0.3 is 4.90 Å². The molecule has 22 heavy (non-hydrogen) atoms. The number of carbonyl (C=O) groups is 1. The maximum absolute atomic E-state index is 12.2. The summed E-state index contributed by atoms with van der Waals surface area (Å²) in [5.74, 6) is 1.04. The van der Waals surface area contributed by atoms with Crippen molar-refractivity contribution in [3.8, 4) is 0 Å². The molecule has 0 aliphatic carbocycles. The fourth-order valence-corrected chi connectivity index (χ4v) is 3.94. The van der Waals surface area contributed by atoms with Gasteiger partial charge >= 0.3 is 0 Å². The van der Waals surface area contributed by atoms with Crippen LogP contribution in [0.25, 0.3) is 0 Å². The fraction of sp³-hybridized carbons (Fsp3) is 0.667. The van der Waals surface area contributed by atoms with Gasteiger partial charge in [0.25, 0.3) is 0 Å². The minimum atomic E-state index is 0.385. The van der Waals surface area contributed by atoms with Crippen molar-refractivity contribution in [1.82, 2.24) is 14.8 Å². The number of nitrogens with zero attached hydrogens (tertiary/aromatic N) is 3. The predicted molar refractivity (Wildman–Crippen MR) is 87.3 cm³/mol. The molecule has 3 rings (SSSR count). The van der Waals surface area contributed by atoms with E-state index in [2.05, 4.69) is 27.8 Å². The Kier molecular flexibility index (Phi) is 5.08. The number of likely N-dealkylation sites (tertiary alicyclic amines) is 2. The van der Waals surface area contributed by atoms with E-state index in [1.54, 1.807) is 0 Å². The first-order valence-corrected chi connectivity index (χ1v) is 8.68. The Labute approximate surface area is 133 Å². The average molecular weight is 301 g/mol. The van der Waals surface area contributed by atoms with Crippen LogP contribution in [0.5, 0.6) is 0 Å². The van der Waals surface area contributed by atoms with Gasteiger partial charge in [0.2, 0.25) is 5.91 Å². The lowest BCUT2D eigenvalue weighted by Gasteiger charge is -2.47. The number of hydrogen-bond acceptors (Lipinski definition) is 3. The molecule has 0 unspecified atom stereocenters. The highest BCUT2D eigenvalue weighted by atomic mass is 16.2. The summed E-state index contributed by atoms with van der Waals surface area (Å²) in [6, 6.07) is 4.64. The number of fused-ring (bicyclic) bond motifs is 1. The predicted octanol–water partition coefficient (Wildman–Crippen LogP) is 2.69. The van der Waals surface area contributed by atoms with Crippen LogP contribution in [-0.2, 0) is 11.3 Å². The normalized spacial score (nSPS) is 26.0. The Morgan fingerprint density at radius 1 is 1.36 bits per heavy atom. The zero-order valence-corrected chi connectivity index (χ0v) is 13.6. The molecule has 0 saturated carbocycles. The lowest BCUT2D eigenvalue weighted by Crippen LogP contribution is -2.55. The van der Waals surface area contributed by atoms with E-state index in [4.69, 9.17) is 0 Å². The van der Waals surface area contributed by atoms with Crippen molar-refractivity contribution < 1.29 is 4.79 Å². The number of carbonyl (C=O) groups excluding carboxylic acids is 1. The second-order valence-corrected chi connectivity index (χ2v) is 6.69. The monoisotopic (exact) mass is 301 g/mol. The molecule has 1 amide bonds. The molecule has 1 aromatic rings. The molecule has 2 saturated heterocycles. The molecule has 120 valence electrons. The average Bonchev–Trinajstić information content (AvgIpc) is 2.55. The summed E-state index contributed by atoms with van der Waals surface area (Å²) in [6.07, 6.45) is 9.02. The molecular formula is C18H27N3O. The van der Waals surface area contributed by atoms with Crippen LogP contribution >= 0.6 is 0 Å². The van der Waals surface area contributed by atoms with Gasteiger partial charge in [-0.25, -0.2) is 0 Å². The maximum atomic E-state index is 12.2. The van der Waals surface area contributed by atoms with E-state index >= 15 is 0 Å². The Morgan fingerprint density at radius 2 is 2.27 bits per heavy atom. The number of hydrogen-bond donors (Lipinski definition) is 0. The molecule has 3 heterocycles. The molecular weight excluding hydrogens is 274 g/mol. The largest absolute Gasteiger partial charge is 0.339 e. The van der Waals surface area contributed by atoms with Crippen molar-refractivity contribution in [2.45, 2.75) is 51.6 Å². The fourth-order valence-electron chi connectivity index (χ4n) is 3.94. The van der Waals surface area contributed by atoms with Gasteiger partial charge in [-0.1, -0.05) is 19.4 Å². The highest BCUT2D eigenvalue weighted by Gasteiger charge is 2.38. The van der Waals surface area contributed by atoms with Gasteiger partial charge in [0, 0.05) is 51.0 Å². The summed E-state index contributed by atoms with van der Waals surface area (Å²) >= 11 is 0. The maximum Gasteiger partial charge on any atom is 0.222 e. The minimum Gasteiger partial charge on any atom is -0.339 e. The smallest absolute Gasteiger partial charge is 0.222 e. The first kappa shape index (κ1) is 15.5. The lowest BCUT2D eigenvalue weighted by molar-refractivity contribution is -0.141.